The van der Waals surface area contributed by atoms with Crippen molar-refractivity contribution < 1.29 is 8.42 Å². The second-order valence-corrected chi connectivity index (χ2v) is 6.90. The molecule has 0 unspecified atom stereocenters. The normalized spacial score (nSPS) is 15.2. The molecule has 0 N–H and O–H groups in total. The average Bonchev–Trinajstić information content (AvgIpc) is 2.28. The molecule has 0 aromatic heterocycles. The summed E-state index contributed by atoms with van der Waals surface area (Å²) in [6.07, 6.45) is 6.16. The number of hydrogen-bond acceptors (Lipinski definition) is 2. The number of hydrogen-bond donors (Lipinski definition) is 0. The highest BCUT2D eigenvalue weighted by Gasteiger charge is 2.20. The van der Waals surface area contributed by atoms with Crippen molar-refractivity contribution in [2.75, 3.05) is 0 Å². The molecule has 0 heterocycles. The Hall–Kier alpha value is -1.09. The zero-order valence-corrected chi connectivity index (χ0v) is 10.4. The third-order valence-corrected chi connectivity index (χ3v) is 5.10. The summed E-state index contributed by atoms with van der Waals surface area (Å²) in [5.74, 6) is 0. The third-order valence-electron chi connectivity index (χ3n) is 2.94. The van der Waals surface area contributed by atoms with Gasteiger partial charge in [-0.3, -0.25) is 0 Å². The van der Waals surface area contributed by atoms with E-state index >= 15 is 0 Å². The molecule has 1 aromatic rings. The number of benzene rings is 1. The number of allylic oxidation sites excluding steroid dienone is 1. The summed E-state index contributed by atoms with van der Waals surface area (Å²) in [5.41, 5.74) is 2.29. The van der Waals surface area contributed by atoms with Gasteiger partial charge in [0.15, 0.2) is 9.84 Å². The molecule has 0 saturated heterocycles. The lowest BCUT2D eigenvalue weighted by Crippen LogP contribution is -2.14. The van der Waals surface area contributed by atoms with Crippen LogP contribution in [0.25, 0.3) is 6.08 Å². The van der Waals surface area contributed by atoms with Gasteiger partial charge in [0.05, 0.1) is 10.1 Å². The van der Waals surface area contributed by atoms with Crippen molar-refractivity contribution in [2.24, 2.45) is 0 Å². The fourth-order valence-corrected chi connectivity index (χ4v) is 2.95. The molecule has 1 aliphatic rings. The summed E-state index contributed by atoms with van der Waals surface area (Å²) in [6.45, 7) is 3.43. The standard InChI is InChI=1S/C13H16O2S/c1-10(2)16(14,15)13-8-7-11-5-3-4-6-12(11)9-13/h4,6-10H,3,5H2,1-2H3. The molecule has 1 aliphatic carbocycles. The van der Waals surface area contributed by atoms with Crippen LogP contribution in [0.1, 0.15) is 31.4 Å². The molecular formula is C13H16O2S. The first-order valence-corrected chi connectivity index (χ1v) is 7.10. The van der Waals surface area contributed by atoms with E-state index in [1.807, 2.05) is 12.1 Å². The summed E-state index contributed by atoms with van der Waals surface area (Å²) in [7, 11) is -3.14. The highest BCUT2D eigenvalue weighted by atomic mass is 32.2. The van der Waals surface area contributed by atoms with E-state index in [9.17, 15) is 8.42 Å². The molecular weight excluding hydrogens is 220 g/mol. The van der Waals surface area contributed by atoms with Crippen molar-refractivity contribution in [3.8, 4) is 0 Å². The van der Waals surface area contributed by atoms with Gasteiger partial charge in [-0.15, -0.1) is 0 Å². The van der Waals surface area contributed by atoms with Gasteiger partial charge < -0.3 is 0 Å². The molecule has 0 radical (unpaired) electrons. The molecule has 2 nitrogen and oxygen atoms in total. The van der Waals surface area contributed by atoms with Gasteiger partial charge in [-0.05, 0) is 49.9 Å². The SMILES string of the molecule is CC(C)S(=O)(=O)c1ccc2c(c1)C=CCC2. The number of aryl methyl sites for hydroxylation is 1. The maximum Gasteiger partial charge on any atom is 0.180 e. The van der Waals surface area contributed by atoms with Crippen LogP contribution in [0.3, 0.4) is 0 Å². The van der Waals surface area contributed by atoms with Crippen LogP contribution in [0.2, 0.25) is 0 Å². The smallest absolute Gasteiger partial charge is 0.180 e. The molecule has 0 atom stereocenters. The Morgan fingerprint density at radius 1 is 1.25 bits per heavy atom. The van der Waals surface area contributed by atoms with Gasteiger partial charge in [0.1, 0.15) is 0 Å². The van der Waals surface area contributed by atoms with Crippen LogP contribution in [0.5, 0.6) is 0 Å². The largest absolute Gasteiger partial charge is 0.223 e. The Morgan fingerprint density at radius 3 is 2.69 bits per heavy atom. The molecule has 0 bridgehead atoms. The summed E-state index contributed by atoms with van der Waals surface area (Å²) < 4.78 is 24.0. The fraction of sp³-hybridized carbons (Fsp3) is 0.385. The van der Waals surface area contributed by atoms with Gasteiger partial charge in [-0.1, -0.05) is 18.2 Å². The third kappa shape index (κ3) is 1.92. The molecule has 0 spiro atoms. The maximum absolute atomic E-state index is 12.0. The molecule has 0 aliphatic heterocycles. The van der Waals surface area contributed by atoms with Crippen molar-refractivity contribution in [2.45, 2.75) is 36.8 Å². The maximum atomic E-state index is 12.0. The number of rotatable bonds is 2. The lowest BCUT2D eigenvalue weighted by Gasteiger charge is -2.13. The van der Waals surface area contributed by atoms with Crippen molar-refractivity contribution in [3.63, 3.8) is 0 Å². The summed E-state index contributed by atoms with van der Waals surface area (Å²) in [5, 5.41) is -0.363. The van der Waals surface area contributed by atoms with Crippen LogP contribution < -0.4 is 0 Å². The number of sulfone groups is 1. The second-order valence-electron chi connectivity index (χ2n) is 4.40. The van der Waals surface area contributed by atoms with E-state index in [4.69, 9.17) is 0 Å². The van der Waals surface area contributed by atoms with Gasteiger partial charge >= 0.3 is 0 Å². The van der Waals surface area contributed by atoms with Crippen LogP contribution in [-0.2, 0) is 16.3 Å². The van der Waals surface area contributed by atoms with Crippen LogP contribution >= 0.6 is 0 Å². The van der Waals surface area contributed by atoms with Gasteiger partial charge in [-0.25, -0.2) is 8.42 Å². The monoisotopic (exact) mass is 236 g/mol. The molecule has 0 saturated carbocycles. The Labute approximate surface area is 96.9 Å². The lowest BCUT2D eigenvalue weighted by atomic mass is 9.98. The molecule has 2 rings (SSSR count). The molecule has 86 valence electrons. The molecule has 3 heteroatoms. The first-order chi connectivity index (χ1) is 7.51. The minimum atomic E-state index is -3.14. The van der Waals surface area contributed by atoms with E-state index in [1.54, 1.807) is 26.0 Å². The van der Waals surface area contributed by atoms with Crippen LogP contribution in [0, 0.1) is 0 Å². The van der Waals surface area contributed by atoms with Crippen LogP contribution in [0.15, 0.2) is 29.2 Å². The molecule has 16 heavy (non-hydrogen) atoms. The summed E-state index contributed by atoms with van der Waals surface area (Å²) in [4.78, 5) is 0.438. The summed E-state index contributed by atoms with van der Waals surface area (Å²) in [6, 6.07) is 5.46. The minimum Gasteiger partial charge on any atom is -0.223 e. The van der Waals surface area contributed by atoms with Gasteiger partial charge in [0, 0.05) is 0 Å². The van der Waals surface area contributed by atoms with Crippen molar-refractivity contribution in [3.05, 3.63) is 35.4 Å². The fourth-order valence-electron chi connectivity index (χ4n) is 1.85. The predicted molar refractivity (Wildman–Crippen MR) is 66.1 cm³/mol. The van der Waals surface area contributed by atoms with E-state index < -0.39 is 9.84 Å². The van der Waals surface area contributed by atoms with E-state index in [-0.39, 0.29) is 5.25 Å². The first kappa shape index (κ1) is 11.4. The topological polar surface area (TPSA) is 34.1 Å². The molecule has 1 aromatic carbocycles. The van der Waals surface area contributed by atoms with E-state index in [0.717, 1.165) is 18.4 Å². The van der Waals surface area contributed by atoms with Gasteiger partial charge in [0.2, 0.25) is 0 Å². The summed E-state index contributed by atoms with van der Waals surface area (Å²) >= 11 is 0. The first-order valence-electron chi connectivity index (χ1n) is 5.55. The van der Waals surface area contributed by atoms with Crippen molar-refractivity contribution in [1.29, 1.82) is 0 Å². The average molecular weight is 236 g/mol. The van der Waals surface area contributed by atoms with Crippen molar-refractivity contribution in [1.82, 2.24) is 0 Å². The highest BCUT2D eigenvalue weighted by Crippen LogP contribution is 2.24. The van der Waals surface area contributed by atoms with Crippen molar-refractivity contribution >= 4 is 15.9 Å². The van der Waals surface area contributed by atoms with Crippen LogP contribution in [-0.4, -0.2) is 13.7 Å². The Bertz CT molecular complexity index is 525. The van der Waals surface area contributed by atoms with Crippen LogP contribution in [0.4, 0.5) is 0 Å². The lowest BCUT2D eigenvalue weighted by molar-refractivity contribution is 0.587. The number of fused-ring (bicyclic) bond motifs is 1. The van der Waals surface area contributed by atoms with Gasteiger partial charge in [-0.2, -0.15) is 0 Å². The Balaban J connectivity index is 2.51. The predicted octanol–water partition coefficient (Wildman–Crippen LogP) is 2.83. The highest BCUT2D eigenvalue weighted by molar-refractivity contribution is 7.92. The van der Waals surface area contributed by atoms with E-state index in [2.05, 4.69) is 6.08 Å². The van der Waals surface area contributed by atoms with Gasteiger partial charge in [0.25, 0.3) is 0 Å². The Kier molecular flexibility index (Phi) is 2.89. The second kappa shape index (κ2) is 4.06. The molecule has 0 amide bonds. The zero-order chi connectivity index (χ0) is 11.8. The quantitative estimate of drug-likeness (QED) is 0.791. The Morgan fingerprint density at radius 2 is 2.00 bits per heavy atom. The molecule has 0 fully saturated rings. The minimum absolute atomic E-state index is 0.363. The van der Waals surface area contributed by atoms with E-state index in [0.29, 0.717) is 4.90 Å². The zero-order valence-electron chi connectivity index (χ0n) is 9.60. The van der Waals surface area contributed by atoms with E-state index in [1.165, 1.54) is 5.56 Å².